The fourth-order valence-electron chi connectivity index (χ4n) is 3.14. The van der Waals surface area contributed by atoms with E-state index in [2.05, 4.69) is 10.6 Å². The molecule has 5 heteroatoms. The van der Waals surface area contributed by atoms with Gasteiger partial charge in [0.15, 0.2) is 0 Å². The molecule has 0 aliphatic carbocycles. The number of hydrogen-bond donors (Lipinski definition) is 2. The normalized spacial score (nSPS) is 11.7. The third-order valence-corrected chi connectivity index (χ3v) is 4.68. The molecule has 0 fully saturated rings. The highest BCUT2D eigenvalue weighted by molar-refractivity contribution is 5.96. The second-order valence-electron chi connectivity index (χ2n) is 6.87. The van der Waals surface area contributed by atoms with Gasteiger partial charge in [-0.2, -0.15) is 0 Å². The van der Waals surface area contributed by atoms with E-state index in [0.29, 0.717) is 24.4 Å². The maximum absolute atomic E-state index is 13.1. The van der Waals surface area contributed by atoms with Gasteiger partial charge in [-0.25, -0.2) is 4.39 Å². The van der Waals surface area contributed by atoms with Gasteiger partial charge in [0, 0.05) is 6.54 Å². The highest BCUT2D eigenvalue weighted by Gasteiger charge is 2.21. The molecule has 1 amide bonds. The third kappa shape index (κ3) is 5.65. The van der Waals surface area contributed by atoms with E-state index in [0.717, 1.165) is 16.7 Å². The fourth-order valence-corrected chi connectivity index (χ4v) is 3.14. The molecule has 3 aromatic carbocycles. The first-order chi connectivity index (χ1) is 14.1. The molecule has 0 aliphatic rings. The Bertz CT molecular complexity index is 943. The second kappa shape index (κ2) is 9.85. The number of hydrogen-bond acceptors (Lipinski definition) is 3. The number of halogens is 1. The van der Waals surface area contributed by atoms with Gasteiger partial charge in [0.2, 0.25) is 5.91 Å². The van der Waals surface area contributed by atoms with Crippen molar-refractivity contribution in [3.05, 3.63) is 95.3 Å². The van der Waals surface area contributed by atoms with Crippen molar-refractivity contribution in [2.45, 2.75) is 19.4 Å². The van der Waals surface area contributed by atoms with Crippen LogP contribution in [-0.4, -0.2) is 19.6 Å². The lowest BCUT2D eigenvalue weighted by molar-refractivity contribution is -0.118. The van der Waals surface area contributed by atoms with Gasteiger partial charge < -0.3 is 15.4 Å². The summed E-state index contributed by atoms with van der Waals surface area (Å²) in [7, 11) is 1.58. The van der Waals surface area contributed by atoms with Crippen LogP contribution in [0.15, 0.2) is 72.8 Å². The first-order valence-corrected chi connectivity index (χ1v) is 9.55. The van der Waals surface area contributed by atoms with Crippen LogP contribution in [-0.2, 0) is 11.2 Å². The zero-order chi connectivity index (χ0) is 20.6. The fraction of sp³-hybridized carbons (Fsp3) is 0.208. The molecule has 2 N–H and O–H groups in total. The minimum Gasteiger partial charge on any atom is -0.495 e. The molecular formula is C24H25FN2O2. The Morgan fingerprint density at radius 2 is 1.76 bits per heavy atom. The molecule has 150 valence electrons. The zero-order valence-corrected chi connectivity index (χ0v) is 16.6. The van der Waals surface area contributed by atoms with E-state index < -0.39 is 6.04 Å². The maximum atomic E-state index is 13.1. The highest BCUT2D eigenvalue weighted by Crippen LogP contribution is 2.26. The average Bonchev–Trinajstić information content (AvgIpc) is 2.73. The Morgan fingerprint density at radius 3 is 2.45 bits per heavy atom. The Hall–Kier alpha value is -3.18. The maximum Gasteiger partial charge on any atom is 0.246 e. The van der Waals surface area contributed by atoms with Crippen molar-refractivity contribution in [3.8, 4) is 5.75 Å². The molecule has 0 aliphatic heterocycles. The Morgan fingerprint density at radius 1 is 1.03 bits per heavy atom. The monoisotopic (exact) mass is 392 g/mol. The topological polar surface area (TPSA) is 50.4 Å². The minimum atomic E-state index is -0.526. The smallest absolute Gasteiger partial charge is 0.246 e. The van der Waals surface area contributed by atoms with Gasteiger partial charge in [-0.05, 0) is 54.3 Å². The van der Waals surface area contributed by atoms with E-state index in [-0.39, 0.29) is 11.7 Å². The van der Waals surface area contributed by atoms with Crippen LogP contribution in [0.2, 0.25) is 0 Å². The van der Waals surface area contributed by atoms with Crippen LogP contribution in [0.3, 0.4) is 0 Å². The Balaban J connectivity index is 1.74. The lowest BCUT2D eigenvalue weighted by Crippen LogP contribution is -2.34. The summed E-state index contributed by atoms with van der Waals surface area (Å²) in [5, 5.41) is 6.31. The standard InChI is InChI=1S/C24H25FN2O2/c1-17-8-13-22(29-2)21(16-17)27-24(28)23(19-6-4-3-5-7-19)26-15-14-18-9-11-20(25)12-10-18/h3-13,16,23,26H,14-15H2,1-2H3,(H,27,28)/t23-/m0/s1. The molecule has 1 atom stereocenters. The number of carbonyl (C=O) groups is 1. The van der Waals surface area contributed by atoms with Crippen LogP contribution in [0.1, 0.15) is 22.7 Å². The minimum absolute atomic E-state index is 0.167. The molecule has 29 heavy (non-hydrogen) atoms. The number of nitrogens with one attached hydrogen (secondary N) is 2. The highest BCUT2D eigenvalue weighted by atomic mass is 19.1. The summed E-state index contributed by atoms with van der Waals surface area (Å²) in [6.45, 7) is 2.54. The Labute approximate surface area is 170 Å². The van der Waals surface area contributed by atoms with Crippen molar-refractivity contribution in [1.82, 2.24) is 5.32 Å². The lowest BCUT2D eigenvalue weighted by atomic mass is 10.0. The first kappa shape index (κ1) is 20.6. The van der Waals surface area contributed by atoms with Crippen LogP contribution in [0.25, 0.3) is 0 Å². The van der Waals surface area contributed by atoms with Gasteiger partial charge in [0.1, 0.15) is 17.6 Å². The number of aryl methyl sites for hydroxylation is 1. The summed E-state index contributed by atoms with van der Waals surface area (Å²) in [6, 6.07) is 21.1. The third-order valence-electron chi connectivity index (χ3n) is 4.68. The van der Waals surface area contributed by atoms with Crippen LogP contribution < -0.4 is 15.4 Å². The van der Waals surface area contributed by atoms with Crippen LogP contribution in [0.4, 0.5) is 10.1 Å². The van der Waals surface area contributed by atoms with Gasteiger partial charge in [0.05, 0.1) is 12.8 Å². The van der Waals surface area contributed by atoms with Crippen LogP contribution in [0, 0.1) is 12.7 Å². The summed E-state index contributed by atoms with van der Waals surface area (Å²) in [6.07, 6.45) is 0.685. The number of ether oxygens (including phenoxy) is 1. The van der Waals surface area contributed by atoms with E-state index in [1.54, 1.807) is 19.2 Å². The van der Waals surface area contributed by atoms with Crippen LogP contribution in [0.5, 0.6) is 5.75 Å². The molecule has 0 bridgehead atoms. The number of rotatable bonds is 8. The quantitative estimate of drug-likeness (QED) is 0.586. The largest absolute Gasteiger partial charge is 0.495 e. The molecule has 0 aromatic heterocycles. The van der Waals surface area contributed by atoms with Crippen molar-refractivity contribution in [2.24, 2.45) is 0 Å². The number of benzene rings is 3. The Kier molecular flexibility index (Phi) is 6.98. The summed E-state index contributed by atoms with van der Waals surface area (Å²) in [4.78, 5) is 13.1. The SMILES string of the molecule is COc1ccc(C)cc1NC(=O)[C@@H](NCCc1ccc(F)cc1)c1ccccc1. The summed E-state index contributed by atoms with van der Waals surface area (Å²) in [5.41, 5.74) is 3.54. The molecule has 0 saturated heterocycles. The first-order valence-electron chi connectivity index (χ1n) is 9.55. The van der Waals surface area contributed by atoms with E-state index in [1.807, 2.05) is 55.5 Å². The van der Waals surface area contributed by atoms with E-state index in [4.69, 9.17) is 4.74 Å². The molecule has 0 saturated carbocycles. The van der Waals surface area contributed by atoms with Crippen molar-refractivity contribution >= 4 is 11.6 Å². The van der Waals surface area contributed by atoms with E-state index in [9.17, 15) is 9.18 Å². The molecule has 0 unspecified atom stereocenters. The molecule has 3 aromatic rings. The number of carbonyl (C=O) groups excluding carboxylic acids is 1. The summed E-state index contributed by atoms with van der Waals surface area (Å²) in [5.74, 6) is 0.191. The average molecular weight is 392 g/mol. The summed E-state index contributed by atoms with van der Waals surface area (Å²) < 4.78 is 18.5. The van der Waals surface area contributed by atoms with Gasteiger partial charge >= 0.3 is 0 Å². The van der Waals surface area contributed by atoms with E-state index in [1.165, 1.54) is 12.1 Å². The van der Waals surface area contributed by atoms with Crippen molar-refractivity contribution < 1.29 is 13.9 Å². The summed E-state index contributed by atoms with van der Waals surface area (Å²) >= 11 is 0. The predicted molar refractivity (Wildman–Crippen MR) is 114 cm³/mol. The van der Waals surface area contributed by atoms with Gasteiger partial charge in [-0.15, -0.1) is 0 Å². The molecule has 4 nitrogen and oxygen atoms in total. The number of anilines is 1. The van der Waals surface area contributed by atoms with Crippen molar-refractivity contribution in [1.29, 1.82) is 0 Å². The molecular weight excluding hydrogens is 367 g/mol. The van der Waals surface area contributed by atoms with Gasteiger partial charge in [-0.3, -0.25) is 4.79 Å². The van der Waals surface area contributed by atoms with Crippen molar-refractivity contribution in [2.75, 3.05) is 19.0 Å². The second-order valence-corrected chi connectivity index (χ2v) is 6.87. The zero-order valence-electron chi connectivity index (χ0n) is 16.6. The predicted octanol–water partition coefficient (Wildman–Crippen LogP) is 4.65. The number of amides is 1. The lowest BCUT2D eigenvalue weighted by Gasteiger charge is -2.20. The van der Waals surface area contributed by atoms with Gasteiger partial charge in [0.25, 0.3) is 0 Å². The molecule has 0 radical (unpaired) electrons. The molecule has 0 heterocycles. The van der Waals surface area contributed by atoms with Crippen LogP contribution >= 0.6 is 0 Å². The van der Waals surface area contributed by atoms with E-state index >= 15 is 0 Å². The van der Waals surface area contributed by atoms with Gasteiger partial charge in [-0.1, -0.05) is 48.5 Å². The number of methoxy groups -OCH3 is 1. The van der Waals surface area contributed by atoms with Crippen molar-refractivity contribution in [3.63, 3.8) is 0 Å². The molecule has 0 spiro atoms. The molecule has 3 rings (SSSR count).